The van der Waals surface area contributed by atoms with E-state index in [9.17, 15) is 23.6 Å². The molecule has 0 aliphatic heterocycles. The van der Waals surface area contributed by atoms with Crippen LogP contribution in [0.5, 0.6) is 0 Å². The second-order valence-corrected chi connectivity index (χ2v) is 6.61. The second kappa shape index (κ2) is 8.73. The van der Waals surface area contributed by atoms with E-state index in [0.717, 1.165) is 0 Å². The lowest BCUT2D eigenvalue weighted by atomic mass is 10.0. The Labute approximate surface area is 162 Å². The van der Waals surface area contributed by atoms with Crippen LogP contribution in [0.15, 0.2) is 24.3 Å². The summed E-state index contributed by atoms with van der Waals surface area (Å²) in [5.74, 6) is -2.08. The average molecular weight is 387 g/mol. The molecule has 0 bridgehead atoms. The summed E-state index contributed by atoms with van der Waals surface area (Å²) in [6.45, 7) is 6.20. The molecule has 0 saturated carbocycles. The minimum atomic E-state index is -1.06. The smallest absolute Gasteiger partial charge is 0.306 e. The third-order valence-electron chi connectivity index (χ3n) is 4.44. The van der Waals surface area contributed by atoms with E-state index in [1.807, 2.05) is 0 Å². The van der Waals surface area contributed by atoms with Crippen LogP contribution in [0, 0.1) is 19.7 Å². The second-order valence-electron chi connectivity index (χ2n) is 6.61. The predicted octanol–water partition coefficient (Wildman–Crippen LogP) is 3.75. The summed E-state index contributed by atoms with van der Waals surface area (Å²) in [5.41, 5.74) is 2.07. The molecule has 0 fully saturated rings. The van der Waals surface area contributed by atoms with Gasteiger partial charge < -0.3 is 9.72 Å². The van der Waals surface area contributed by atoms with E-state index in [2.05, 4.69) is 4.98 Å². The molecular formula is C21H22FNO5. The SMILES string of the molecule is CC(=O)c1c(C)[nH]c(C(=O)[C@H](C)OC(=O)CCC(=O)c2ccc(F)cc2)c1C. The highest BCUT2D eigenvalue weighted by atomic mass is 19.1. The molecule has 2 rings (SSSR count). The maximum Gasteiger partial charge on any atom is 0.306 e. The number of rotatable bonds is 8. The van der Waals surface area contributed by atoms with Crippen molar-refractivity contribution >= 4 is 23.3 Å². The Kier molecular flexibility index (Phi) is 6.62. The molecule has 0 radical (unpaired) electrons. The van der Waals surface area contributed by atoms with E-state index in [-0.39, 0.29) is 30.1 Å². The van der Waals surface area contributed by atoms with Crippen molar-refractivity contribution in [2.75, 3.05) is 0 Å². The lowest BCUT2D eigenvalue weighted by molar-refractivity contribution is -0.146. The first-order valence-corrected chi connectivity index (χ1v) is 8.84. The van der Waals surface area contributed by atoms with Crippen LogP contribution in [-0.2, 0) is 9.53 Å². The lowest BCUT2D eigenvalue weighted by Crippen LogP contribution is -2.25. The molecule has 0 aliphatic rings. The Morgan fingerprint density at radius 2 is 1.68 bits per heavy atom. The summed E-state index contributed by atoms with van der Waals surface area (Å²) in [6.07, 6.45) is -1.37. The van der Waals surface area contributed by atoms with Crippen LogP contribution >= 0.6 is 0 Å². The van der Waals surface area contributed by atoms with E-state index in [4.69, 9.17) is 4.74 Å². The fraction of sp³-hybridized carbons (Fsp3) is 0.333. The minimum absolute atomic E-state index is 0.111. The first-order chi connectivity index (χ1) is 13.1. The molecule has 7 heteroatoms. The van der Waals surface area contributed by atoms with Gasteiger partial charge in [-0.3, -0.25) is 19.2 Å². The predicted molar refractivity (Wildman–Crippen MR) is 100 cm³/mol. The summed E-state index contributed by atoms with van der Waals surface area (Å²) in [4.78, 5) is 51.1. The highest BCUT2D eigenvalue weighted by molar-refractivity contribution is 6.05. The van der Waals surface area contributed by atoms with Crippen LogP contribution in [-0.4, -0.2) is 34.4 Å². The van der Waals surface area contributed by atoms with Crippen molar-refractivity contribution < 1.29 is 28.3 Å². The van der Waals surface area contributed by atoms with E-state index >= 15 is 0 Å². The maximum atomic E-state index is 12.9. The number of H-pyrrole nitrogens is 1. The normalized spacial score (nSPS) is 11.8. The standard InChI is InChI=1S/C21H22FNO5/c1-11-19(13(3)24)12(2)23-20(11)21(27)14(4)28-18(26)10-9-17(25)15-5-7-16(22)8-6-15/h5-8,14,23H,9-10H2,1-4H3/t14-/m0/s1. The number of nitrogens with one attached hydrogen (secondary N) is 1. The summed E-state index contributed by atoms with van der Waals surface area (Å²) in [6, 6.07) is 5.03. The molecule has 2 aromatic rings. The molecule has 0 saturated heterocycles. The quantitative estimate of drug-likeness (QED) is 0.550. The summed E-state index contributed by atoms with van der Waals surface area (Å²) < 4.78 is 18.0. The topological polar surface area (TPSA) is 93.3 Å². The zero-order chi connectivity index (χ0) is 21.0. The first kappa shape index (κ1) is 21.2. The third-order valence-corrected chi connectivity index (χ3v) is 4.44. The Balaban J connectivity index is 1.96. The van der Waals surface area contributed by atoms with Gasteiger partial charge in [0.15, 0.2) is 17.7 Å². The molecule has 1 aromatic carbocycles. The molecule has 0 amide bonds. The number of hydrogen-bond donors (Lipinski definition) is 1. The van der Waals surface area contributed by atoms with Crippen LogP contribution in [0.25, 0.3) is 0 Å². The van der Waals surface area contributed by atoms with E-state index in [1.54, 1.807) is 13.8 Å². The van der Waals surface area contributed by atoms with E-state index in [0.29, 0.717) is 22.4 Å². The highest BCUT2D eigenvalue weighted by Gasteiger charge is 2.26. The molecule has 1 aromatic heterocycles. The number of Topliss-reactive ketones (excluding diaryl/α,β-unsaturated/α-hetero) is 3. The Morgan fingerprint density at radius 1 is 1.07 bits per heavy atom. The number of halogens is 1. The zero-order valence-corrected chi connectivity index (χ0v) is 16.2. The molecule has 0 aliphatic carbocycles. The average Bonchev–Trinajstić information content (AvgIpc) is 2.93. The molecule has 28 heavy (non-hydrogen) atoms. The van der Waals surface area contributed by atoms with Gasteiger partial charge in [-0.25, -0.2) is 4.39 Å². The largest absolute Gasteiger partial charge is 0.454 e. The van der Waals surface area contributed by atoms with Gasteiger partial charge in [-0.2, -0.15) is 0 Å². The number of ketones is 3. The highest BCUT2D eigenvalue weighted by Crippen LogP contribution is 2.20. The first-order valence-electron chi connectivity index (χ1n) is 8.84. The van der Waals surface area contributed by atoms with Gasteiger partial charge in [-0.1, -0.05) is 0 Å². The molecule has 148 valence electrons. The van der Waals surface area contributed by atoms with Gasteiger partial charge in [0.05, 0.1) is 12.1 Å². The number of carbonyl (C=O) groups is 4. The van der Waals surface area contributed by atoms with E-state index < -0.39 is 23.7 Å². The van der Waals surface area contributed by atoms with Crippen molar-refractivity contribution in [2.24, 2.45) is 0 Å². The molecule has 0 spiro atoms. The van der Waals surface area contributed by atoms with Gasteiger partial charge in [0.25, 0.3) is 0 Å². The molecule has 0 unspecified atom stereocenters. The van der Waals surface area contributed by atoms with Gasteiger partial charge in [-0.05, 0) is 57.5 Å². The van der Waals surface area contributed by atoms with Gasteiger partial charge in [0.2, 0.25) is 5.78 Å². The van der Waals surface area contributed by atoms with Crippen LogP contribution in [0.2, 0.25) is 0 Å². The molecule has 1 N–H and O–H groups in total. The van der Waals surface area contributed by atoms with Crippen molar-refractivity contribution in [1.82, 2.24) is 4.98 Å². The molecule has 6 nitrogen and oxygen atoms in total. The number of ether oxygens (including phenoxy) is 1. The van der Waals surface area contributed by atoms with E-state index in [1.165, 1.54) is 38.1 Å². The van der Waals surface area contributed by atoms with Crippen molar-refractivity contribution in [3.63, 3.8) is 0 Å². The Hall–Kier alpha value is -3.09. The van der Waals surface area contributed by atoms with Gasteiger partial charge >= 0.3 is 5.97 Å². The van der Waals surface area contributed by atoms with Crippen LogP contribution in [0.3, 0.4) is 0 Å². The monoisotopic (exact) mass is 387 g/mol. The van der Waals surface area contributed by atoms with Gasteiger partial charge in [0, 0.05) is 23.2 Å². The number of hydrogen-bond acceptors (Lipinski definition) is 5. The zero-order valence-electron chi connectivity index (χ0n) is 16.2. The molecular weight excluding hydrogens is 365 g/mol. The Morgan fingerprint density at radius 3 is 2.21 bits per heavy atom. The summed E-state index contributed by atoms with van der Waals surface area (Å²) >= 11 is 0. The van der Waals surface area contributed by atoms with Gasteiger partial charge in [0.1, 0.15) is 5.82 Å². The van der Waals surface area contributed by atoms with Gasteiger partial charge in [-0.15, -0.1) is 0 Å². The van der Waals surface area contributed by atoms with Crippen molar-refractivity contribution in [3.05, 3.63) is 58.2 Å². The maximum absolute atomic E-state index is 12.9. The third kappa shape index (κ3) is 4.79. The van der Waals surface area contributed by atoms with Crippen molar-refractivity contribution in [3.8, 4) is 0 Å². The molecule has 1 heterocycles. The number of carbonyl (C=O) groups excluding carboxylic acids is 4. The van der Waals surface area contributed by atoms with Crippen LogP contribution in [0.1, 0.15) is 69.2 Å². The van der Waals surface area contributed by atoms with Crippen molar-refractivity contribution in [1.29, 1.82) is 0 Å². The number of benzene rings is 1. The summed E-state index contributed by atoms with van der Waals surface area (Å²) in [5, 5.41) is 0. The Bertz CT molecular complexity index is 927. The fourth-order valence-corrected chi connectivity index (χ4v) is 3.03. The molecule has 1 atom stereocenters. The number of esters is 1. The van der Waals surface area contributed by atoms with Crippen LogP contribution in [0.4, 0.5) is 4.39 Å². The number of aryl methyl sites for hydroxylation is 1. The number of aromatic amines is 1. The minimum Gasteiger partial charge on any atom is -0.454 e. The van der Waals surface area contributed by atoms with Crippen molar-refractivity contribution in [2.45, 2.75) is 46.6 Å². The number of aromatic nitrogens is 1. The van der Waals surface area contributed by atoms with Crippen LogP contribution < -0.4 is 0 Å². The lowest BCUT2D eigenvalue weighted by Gasteiger charge is -2.12. The summed E-state index contributed by atoms with van der Waals surface area (Å²) in [7, 11) is 0. The fourth-order valence-electron chi connectivity index (χ4n) is 3.03.